The smallest absolute Gasteiger partial charge is 0.323 e. The molecule has 21 heavy (non-hydrogen) atoms. The number of benzene rings is 1. The van der Waals surface area contributed by atoms with E-state index in [-0.39, 0.29) is 17.8 Å². The van der Waals surface area contributed by atoms with Crippen molar-refractivity contribution in [3.63, 3.8) is 0 Å². The van der Waals surface area contributed by atoms with E-state index in [1.807, 2.05) is 6.07 Å². The van der Waals surface area contributed by atoms with Crippen LogP contribution < -0.4 is 11.0 Å². The highest BCUT2D eigenvalue weighted by Crippen LogP contribution is 2.37. The second kappa shape index (κ2) is 5.94. The van der Waals surface area contributed by atoms with E-state index >= 15 is 0 Å². The Bertz CT molecular complexity index is 694. The van der Waals surface area contributed by atoms with Crippen LogP contribution in [0.15, 0.2) is 21.4 Å². The first-order valence-electron chi connectivity index (χ1n) is 7.36. The van der Waals surface area contributed by atoms with Gasteiger partial charge >= 0.3 is 5.69 Å². The highest BCUT2D eigenvalue weighted by atomic mass is 79.9. The molecule has 3 unspecified atom stereocenters. The molecule has 3 N–H and O–H groups in total. The summed E-state index contributed by atoms with van der Waals surface area (Å²) in [6.07, 6.45) is 1.29. The van der Waals surface area contributed by atoms with E-state index < -0.39 is 0 Å². The van der Waals surface area contributed by atoms with Gasteiger partial charge in [0.05, 0.1) is 17.1 Å². The van der Waals surface area contributed by atoms with Gasteiger partial charge in [0, 0.05) is 23.0 Å². The Balaban J connectivity index is 2.05. The highest BCUT2D eigenvalue weighted by molar-refractivity contribution is 9.10. The number of rotatable bonds is 4. The van der Waals surface area contributed by atoms with Crippen LogP contribution in [0.1, 0.15) is 31.9 Å². The van der Waals surface area contributed by atoms with Crippen LogP contribution in [0, 0.1) is 5.92 Å². The molecule has 2 aromatic rings. The minimum Gasteiger partial charge on any atom is -0.378 e. The minimum atomic E-state index is -0.174. The van der Waals surface area contributed by atoms with Gasteiger partial charge in [0.15, 0.2) is 0 Å². The van der Waals surface area contributed by atoms with Crippen molar-refractivity contribution in [1.82, 2.24) is 15.3 Å². The van der Waals surface area contributed by atoms with Gasteiger partial charge in [-0.15, -0.1) is 0 Å². The van der Waals surface area contributed by atoms with Gasteiger partial charge < -0.3 is 20.0 Å². The largest absolute Gasteiger partial charge is 0.378 e. The molecule has 0 spiro atoms. The first kappa shape index (κ1) is 14.8. The molecule has 1 aromatic carbocycles. The molecule has 3 rings (SSSR count). The highest BCUT2D eigenvalue weighted by Gasteiger charge is 2.33. The van der Waals surface area contributed by atoms with E-state index in [0.29, 0.717) is 5.92 Å². The fourth-order valence-corrected chi connectivity index (χ4v) is 3.80. The molecule has 0 bridgehead atoms. The van der Waals surface area contributed by atoms with Gasteiger partial charge in [-0.2, -0.15) is 0 Å². The van der Waals surface area contributed by atoms with Crippen LogP contribution in [0.5, 0.6) is 0 Å². The molecule has 0 radical (unpaired) electrons. The Kier molecular flexibility index (Phi) is 4.19. The number of hydrogen-bond donors (Lipinski definition) is 3. The average Bonchev–Trinajstić information content (AvgIpc) is 3.00. The molecule has 1 fully saturated rings. The Morgan fingerprint density at radius 1 is 1.43 bits per heavy atom. The molecule has 3 atom stereocenters. The van der Waals surface area contributed by atoms with Gasteiger partial charge in [-0.05, 0) is 37.6 Å². The molecule has 1 saturated heterocycles. The van der Waals surface area contributed by atoms with Crippen molar-refractivity contribution in [1.29, 1.82) is 0 Å². The minimum absolute atomic E-state index is 0.174. The third-order valence-electron chi connectivity index (χ3n) is 4.26. The first-order valence-corrected chi connectivity index (χ1v) is 8.16. The van der Waals surface area contributed by atoms with E-state index in [4.69, 9.17) is 4.74 Å². The van der Waals surface area contributed by atoms with E-state index in [1.54, 1.807) is 0 Å². The van der Waals surface area contributed by atoms with E-state index in [0.717, 1.165) is 35.1 Å². The van der Waals surface area contributed by atoms with Crippen molar-refractivity contribution in [3.8, 4) is 0 Å². The average molecular weight is 354 g/mol. The summed E-state index contributed by atoms with van der Waals surface area (Å²) >= 11 is 3.65. The van der Waals surface area contributed by atoms with Crippen LogP contribution in [0.4, 0.5) is 0 Å². The predicted molar refractivity (Wildman–Crippen MR) is 86.6 cm³/mol. The van der Waals surface area contributed by atoms with Crippen molar-refractivity contribution in [2.45, 2.75) is 32.4 Å². The summed E-state index contributed by atoms with van der Waals surface area (Å²) in [7, 11) is 0. The normalized spacial score (nSPS) is 23.8. The molecule has 1 aliphatic heterocycles. The lowest BCUT2D eigenvalue weighted by Gasteiger charge is -2.28. The van der Waals surface area contributed by atoms with Crippen LogP contribution >= 0.6 is 15.9 Å². The number of aromatic nitrogens is 2. The number of ether oxygens (including phenoxy) is 1. The number of nitrogens with one attached hydrogen (secondary N) is 3. The zero-order valence-corrected chi connectivity index (χ0v) is 13.8. The second-order valence-electron chi connectivity index (χ2n) is 5.56. The Hall–Kier alpha value is -1.11. The zero-order valence-electron chi connectivity index (χ0n) is 12.2. The number of halogens is 1. The molecular formula is C15H20BrN3O2. The summed E-state index contributed by atoms with van der Waals surface area (Å²) in [6, 6.07) is 4.23. The van der Waals surface area contributed by atoms with Crippen molar-refractivity contribution in [2.75, 3.05) is 13.2 Å². The maximum atomic E-state index is 11.5. The lowest BCUT2D eigenvalue weighted by molar-refractivity contribution is 0.0955. The topological polar surface area (TPSA) is 69.9 Å². The molecule has 2 heterocycles. The van der Waals surface area contributed by atoms with E-state index in [2.05, 4.69) is 51.1 Å². The van der Waals surface area contributed by atoms with Gasteiger partial charge in [-0.25, -0.2) is 4.79 Å². The van der Waals surface area contributed by atoms with Gasteiger partial charge in [0.25, 0.3) is 0 Å². The SMILES string of the molecule is CCNC(c1cc2[nH]c(=O)[nH]c2cc1Br)C1CCOC1C. The molecule has 0 saturated carbocycles. The van der Waals surface area contributed by atoms with E-state index in [9.17, 15) is 4.79 Å². The fraction of sp³-hybridized carbons (Fsp3) is 0.533. The van der Waals surface area contributed by atoms with Crippen molar-refractivity contribution < 1.29 is 4.74 Å². The summed E-state index contributed by atoms with van der Waals surface area (Å²) in [5.74, 6) is 0.435. The standard InChI is InChI=1S/C15H20BrN3O2/c1-3-17-14(9-4-5-21-8(9)2)10-6-12-13(7-11(10)16)19-15(20)18-12/h6-9,14,17H,3-5H2,1-2H3,(H2,18,19,20). The van der Waals surface area contributed by atoms with Crippen molar-refractivity contribution >= 4 is 27.0 Å². The van der Waals surface area contributed by atoms with Crippen LogP contribution in [0.3, 0.4) is 0 Å². The number of imidazole rings is 1. The van der Waals surface area contributed by atoms with Gasteiger partial charge in [0.2, 0.25) is 0 Å². The molecule has 0 aliphatic carbocycles. The van der Waals surface area contributed by atoms with Crippen LogP contribution in [0.2, 0.25) is 0 Å². The lowest BCUT2D eigenvalue weighted by atomic mass is 9.88. The predicted octanol–water partition coefficient (Wildman–Crippen LogP) is 2.69. The Morgan fingerprint density at radius 2 is 2.14 bits per heavy atom. The Labute approximate surface area is 131 Å². The Morgan fingerprint density at radius 3 is 2.76 bits per heavy atom. The third-order valence-corrected chi connectivity index (χ3v) is 4.94. The fourth-order valence-electron chi connectivity index (χ4n) is 3.21. The third kappa shape index (κ3) is 2.80. The number of hydrogen-bond acceptors (Lipinski definition) is 3. The summed E-state index contributed by atoms with van der Waals surface area (Å²) in [5.41, 5.74) is 2.66. The van der Waals surface area contributed by atoms with Crippen LogP contribution in [-0.2, 0) is 4.74 Å². The molecule has 0 amide bonds. The number of fused-ring (bicyclic) bond motifs is 1. The summed E-state index contributed by atoms with van der Waals surface area (Å²) in [5, 5.41) is 3.57. The first-order chi connectivity index (χ1) is 10.1. The number of aromatic amines is 2. The van der Waals surface area contributed by atoms with Crippen molar-refractivity contribution in [2.24, 2.45) is 5.92 Å². The molecule has 1 aromatic heterocycles. The maximum Gasteiger partial charge on any atom is 0.323 e. The molecule has 1 aliphatic rings. The number of H-pyrrole nitrogens is 2. The van der Waals surface area contributed by atoms with E-state index in [1.165, 1.54) is 5.56 Å². The molecular weight excluding hydrogens is 334 g/mol. The van der Waals surface area contributed by atoms with Crippen LogP contribution in [-0.4, -0.2) is 29.2 Å². The van der Waals surface area contributed by atoms with Gasteiger partial charge in [-0.1, -0.05) is 22.9 Å². The van der Waals surface area contributed by atoms with Crippen molar-refractivity contribution in [3.05, 3.63) is 32.7 Å². The second-order valence-corrected chi connectivity index (χ2v) is 6.42. The van der Waals surface area contributed by atoms with Gasteiger partial charge in [0.1, 0.15) is 0 Å². The molecule has 114 valence electrons. The lowest BCUT2D eigenvalue weighted by Crippen LogP contribution is -2.32. The maximum absolute atomic E-state index is 11.5. The quantitative estimate of drug-likeness (QED) is 0.791. The molecule has 6 heteroatoms. The summed E-state index contributed by atoms with van der Waals surface area (Å²) < 4.78 is 6.74. The zero-order chi connectivity index (χ0) is 15.0. The molecule has 5 nitrogen and oxygen atoms in total. The summed E-state index contributed by atoms with van der Waals surface area (Å²) in [6.45, 7) is 5.95. The van der Waals surface area contributed by atoms with Crippen LogP contribution in [0.25, 0.3) is 11.0 Å². The van der Waals surface area contributed by atoms with Gasteiger partial charge in [-0.3, -0.25) is 0 Å². The summed E-state index contributed by atoms with van der Waals surface area (Å²) in [4.78, 5) is 17.1. The monoisotopic (exact) mass is 353 g/mol.